The SMILES string of the molecule is CCN(CC)C(=O)CN(C)S(=O)(=O)c1cc(N)ccc1F. The number of anilines is 1. The highest BCUT2D eigenvalue weighted by Crippen LogP contribution is 2.20. The minimum absolute atomic E-state index is 0.137. The van der Waals surface area contributed by atoms with Gasteiger partial charge in [0.2, 0.25) is 15.9 Å². The van der Waals surface area contributed by atoms with E-state index >= 15 is 0 Å². The first kappa shape index (κ1) is 17.4. The predicted octanol–water partition coefficient (Wildman–Crippen LogP) is 0.897. The van der Waals surface area contributed by atoms with E-state index < -0.39 is 20.7 Å². The third kappa shape index (κ3) is 3.92. The van der Waals surface area contributed by atoms with E-state index in [2.05, 4.69) is 0 Å². The highest BCUT2D eigenvalue weighted by Gasteiger charge is 2.27. The maximum atomic E-state index is 13.7. The van der Waals surface area contributed by atoms with E-state index in [9.17, 15) is 17.6 Å². The van der Waals surface area contributed by atoms with Crippen LogP contribution in [0.5, 0.6) is 0 Å². The minimum atomic E-state index is -4.11. The summed E-state index contributed by atoms with van der Waals surface area (Å²) in [6.07, 6.45) is 0. The Kier molecular flexibility index (Phi) is 5.68. The second-order valence-corrected chi connectivity index (χ2v) is 6.53. The summed E-state index contributed by atoms with van der Waals surface area (Å²) in [4.78, 5) is 12.9. The van der Waals surface area contributed by atoms with Crippen molar-refractivity contribution in [3.8, 4) is 0 Å². The van der Waals surface area contributed by atoms with E-state index in [4.69, 9.17) is 5.73 Å². The monoisotopic (exact) mass is 317 g/mol. The molecule has 0 saturated carbocycles. The summed E-state index contributed by atoms with van der Waals surface area (Å²) in [7, 11) is -2.87. The van der Waals surface area contributed by atoms with Gasteiger partial charge in [-0.2, -0.15) is 4.31 Å². The van der Waals surface area contributed by atoms with E-state index in [0.29, 0.717) is 13.1 Å². The number of rotatable bonds is 6. The predicted molar refractivity (Wildman–Crippen MR) is 78.6 cm³/mol. The zero-order valence-electron chi connectivity index (χ0n) is 12.3. The molecule has 0 aliphatic rings. The molecule has 0 unspecified atom stereocenters. The summed E-state index contributed by atoms with van der Waals surface area (Å²) < 4.78 is 39.1. The summed E-state index contributed by atoms with van der Waals surface area (Å²) in [5, 5.41) is 0. The fourth-order valence-electron chi connectivity index (χ4n) is 1.84. The standard InChI is InChI=1S/C13H20FN3O3S/c1-4-17(5-2)13(18)9-16(3)21(19,20)12-8-10(15)6-7-11(12)14/h6-8H,4-5,9,15H2,1-3H3. The number of nitrogens with zero attached hydrogens (tertiary/aromatic N) is 2. The summed E-state index contributed by atoms with van der Waals surface area (Å²) in [5.74, 6) is -1.23. The molecule has 1 amide bonds. The molecule has 0 bridgehead atoms. The van der Waals surface area contributed by atoms with Crippen molar-refractivity contribution in [3.05, 3.63) is 24.0 Å². The zero-order valence-corrected chi connectivity index (χ0v) is 13.2. The Morgan fingerprint density at radius 2 is 1.86 bits per heavy atom. The Bertz CT molecular complexity index is 615. The first-order valence-electron chi connectivity index (χ1n) is 6.53. The van der Waals surface area contributed by atoms with Crippen molar-refractivity contribution in [1.82, 2.24) is 9.21 Å². The molecule has 0 aliphatic carbocycles. The van der Waals surface area contributed by atoms with Crippen molar-refractivity contribution in [2.75, 3.05) is 32.4 Å². The number of hydrogen-bond acceptors (Lipinski definition) is 4. The second-order valence-electron chi connectivity index (χ2n) is 4.52. The maximum absolute atomic E-state index is 13.7. The Labute approximate surface area is 124 Å². The quantitative estimate of drug-likeness (QED) is 0.790. The summed E-state index contributed by atoms with van der Waals surface area (Å²) >= 11 is 0. The minimum Gasteiger partial charge on any atom is -0.399 e. The van der Waals surface area contributed by atoms with Crippen LogP contribution in [0.25, 0.3) is 0 Å². The van der Waals surface area contributed by atoms with Crippen molar-refractivity contribution >= 4 is 21.6 Å². The number of nitrogen functional groups attached to an aromatic ring is 1. The summed E-state index contributed by atoms with van der Waals surface area (Å²) in [6.45, 7) is 4.21. The summed E-state index contributed by atoms with van der Waals surface area (Å²) in [6, 6.07) is 3.31. The Morgan fingerprint density at radius 1 is 1.29 bits per heavy atom. The fraction of sp³-hybridized carbons (Fsp3) is 0.462. The van der Waals surface area contributed by atoms with Gasteiger partial charge in [0.1, 0.15) is 10.7 Å². The lowest BCUT2D eigenvalue weighted by Gasteiger charge is -2.23. The number of nitrogens with two attached hydrogens (primary N) is 1. The fourth-order valence-corrected chi connectivity index (χ4v) is 3.05. The molecule has 6 nitrogen and oxygen atoms in total. The van der Waals surface area contributed by atoms with Crippen molar-refractivity contribution in [1.29, 1.82) is 0 Å². The number of carbonyl (C=O) groups excluding carboxylic acids is 1. The highest BCUT2D eigenvalue weighted by atomic mass is 32.2. The van der Waals surface area contributed by atoms with E-state index in [1.807, 2.05) is 0 Å². The molecule has 118 valence electrons. The molecule has 0 saturated heterocycles. The van der Waals surface area contributed by atoms with Crippen LogP contribution in [0, 0.1) is 5.82 Å². The number of likely N-dealkylation sites (N-methyl/N-ethyl adjacent to an activating group) is 2. The van der Waals surface area contributed by atoms with Crippen LogP contribution >= 0.6 is 0 Å². The molecule has 0 aliphatic heterocycles. The molecular formula is C13H20FN3O3S. The largest absolute Gasteiger partial charge is 0.399 e. The van der Waals surface area contributed by atoms with Gasteiger partial charge < -0.3 is 10.6 Å². The molecule has 21 heavy (non-hydrogen) atoms. The van der Waals surface area contributed by atoms with E-state index in [-0.39, 0.29) is 18.1 Å². The van der Waals surface area contributed by atoms with Crippen LogP contribution in [0.3, 0.4) is 0 Å². The van der Waals surface area contributed by atoms with Gasteiger partial charge in [-0.3, -0.25) is 4.79 Å². The number of amides is 1. The third-order valence-electron chi connectivity index (χ3n) is 3.12. The summed E-state index contributed by atoms with van der Waals surface area (Å²) in [5.41, 5.74) is 5.63. The van der Waals surface area contributed by atoms with Gasteiger partial charge in [0.15, 0.2) is 0 Å². The van der Waals surface area contributed by atoms with E-state index in [0.717, 1.165) is 16.4 Å². The van der Waals surface area contributed by atoms with Gasteiger partial charge in [0.05, 0.1) is 6.54 Å². The molecule has 2 N–H and O–H groups in total. The first-order chi connectivity index (χ1) is 9.73. The maximum Gasteiger partial charge on any atom is 0.246 e. The highest BCUT2D eigenvalue weighted by molar-refractivity contribution is 7.89. The lowest BCUT2D eigenvalue weighted by atomic mass is 10.3. The molecule has 0 fully saturated rings. The lowest BCUT2D eigenvalue weighted by molar-refractivity contribution is -0.130. The first-order valence-corrected chi connectivity index (χ1v) is 7.97. The average Bonchev–Trinajstić information content (AvgIpc) is 2.42. The number of sulfonamides is 1. The van der Waals surface area contributed by atoms with Gasteiger partial charge in [0, 0.05) is 25.8 Å². The van der Waals surface area contributed by atoms with Crippen molar-refractivity contribution in [3.63, 3.8) is 0 Å². The molecule has 8 heteroatoms. The normalized spacial score (nSPS) is 11.7. The van der Waals surface area contributed by atoms with Gasteiger partial charge in [-0.25, -0.2) is 12.8 Å². The van der Waals surface area contributed by atoms with Crippen LogP contribution in [-0.4, -0.2) is 50.2 Å². The molecule has 0 heterocycles. The van der Waals surface area contributed by atoms with Crippen molar-refractivity contribution in [2.45, 2.75) is 18.7 Å². The lowest BCUT2D eigenvalue weighted by Crippen LogP contribution is -2.41. The van der Waals surface area contributed by atoms with Crippen LogP contribution in [0.15, 0.2) is 23.1 Å². The number of benzene rings is 1. The molecule has 0 spiro atoms. The van der Waals surface area contributed by atoms with Crippen molar-refractivity contribution in [2.24, 2.45) is 0 Å². The average molecular weight is 317 g/mol. The van der Waals surface area contributed by atoms with Crippen LogP contribution < -0.4 is 5.73 Å². The van der Waals surface area contributed by atoms with Crippen LogP contribution in [0.1, 0.15) is 13.8 Å². The van der Waals surface area contributed by atoms with Gasteiger partial charge in [0.25, 0.3) is 0 Å². The van der Waals surface area contributed by atoms with Gasteiger partial charge in [-0.15, -0.1) is 0 Å². The second kappa shape index (κ2) is 6.86. The Morgan fingerprint density at radius 3 is 2.38 bits per heavy atom. The van der Waals surface area contributed by atoms with E-state index in [1.54, 1.807) is 13.8 Å². The van der Waals surface area contributed by atoms with Crippen LogP contribution in [-0.2, 0) is 14.8 Å². The molecule has 1 rings (SSSR count). The molecule has 0 radical (unpaired) electrons. The van der Waals surface area contributed by atoms with Gasteiger partial charge in [-0.05, 0) is 32.0 Å². The molecule has 0 atom stereocenters. The molecular weight excluding hydrogens is 297 g/mol. The number of carbonyl (C=O) groups is 1. The smallest absolute Gasteiger partial charge is 0.246 e. The number of halogens is 1. The zero-order chi connectivity index (χ0) is 16.2. The molecule has 1 aromatic rings. The topological polar surface area (TPSA) is 83.7 Å². The van der Waals surface area contributed by atoms with Crippen molar-refractivity contribution < 1.29 is 17.6 Å². The Balaban J connectivity index is 3.02. The van der Waals surface area contributed by atoms with Crippen LogP contribution in [0.2, 0.25) is 0 Å². The molecule has 0 aromatic heterocycles. The number of hydrogen-bond donors (Lipinski definition) is 1. The van der Waals surface area contributed by atoms with Gasteiger partial charge >= 0.3 is 0 Å². The van der Waals surface area contributed by atoms with Crippen LogP contribution in [0.4, 0.5) is 10.1 Å². The van der Waals surface area contributed by atoms with Gasteiger partial charge in [-0.1, -0.05) is 0 Å². The molecule has 1 aromatic carbocycles. The van der Waals surface area contributed by atoms with E-state index in [1.165, 1.54) is 18.0 Å². The Hall–Kier alpha value is -1.67. The third-order valence-corrected chi connectivity index (χ3v) is 4.94.